The van der Waals surface area contributed by atoms with Crippen molar-refractivity contribution in [1.29, 1.82) is 0 Å². The monoisotopic (exact) mass is 567 g/mol. The molecule has 44 heavy (non-hydrogen) atoms. The summed E-state index contributed by atoms with van der Waals surface area (Å²) in [6, 6.07) is 39.8. The summed E-state index contributed by atoms with van der Waals surface area (Å²) in [5.74, 6) is 0. The molecule has 5 heteroatoms. The Balaban J connectivity index is 1.50. The van der Waals surface area contributed by atoms with Crippen molar-refractivity contribution in [3.63, 3.8) is 0 Å². The van der Waals surface area contributed by atoms with E-state index in [0.29, 0.717) is 0 Å². The molecule has 210 valence electrons. The molecule has 0 radical (unpaired) electrons. The second kappa shape index (κ2) is 10.7. The van der Waals surface area contributed by atoms with E-state index in [4.69, 9.17) is 9.97 Å². The van der Waals surface area contributed by atoms with Crippen LogP contribution in [0.1, 0.15) is 28.3 Å². The zero-order chi connectivity index (χ0) is 29.5. The molecule has 2 aliphatic heterocycles. The molecule has 0 aliphatic carbocycles. The van der Waals surface area contributed by atoms with Crippen LogP contribution < -0.4 is 5.32 Å². The summed E-state index contributed by atoms with van der Waals surface area (Å²) in [6.45, 7) is 2.11. The molecule has 0 unspecified atom stereocenters. The fraction of sp³-hybridized carbons (Fsp3) is 0.0256. The van der Waals surface area contributed by atoms with Gasteiger partial charge in [-0.3, -0.25) is 0 Å². The molecule has 3 aromatic heterocycles. The number of anilines is 2. The number of fused-ring (bicyclic) bond motifs is 8. The maximum atomic E-state index is 5.25. The maximum absolute atomic E-state index is 5.25. The fourth-order valence-corrected chi connectivity index (χ4v) is 5.94. The van der Waals surface area contributed by atoms with Crippen molar-refractivity contribution >= 4 is 57.7 Å². The Morgan fingerprint density at radius 1 is 0.523 bits per heavy atom. The zero-order valence-electron chi connectivity index (χ0n) is 24.2. The Hall–Kier alpha value is -5.94. The Morgan fingerprint density at radius 3 is 1.86 bits per heavy atom. The Kier molecular flexibility index (Phi) is 6.27. The lowest BCUT2D eigenvalue weighted by Gasteiger charge is -2.10. The second-order valence-corrected chi connectivity index (χ2v) is 11.0. The topological polar surface area (TPSA) is 69.4 Å². The average Bonchev–Trinajstić information content (AvgIpc) is 3.88. The normalized spacial score (nSPS) is 12.0. The summed E-state index contributed by atoms with van der Waals surface area (Å²) in [7, 11) is 0. The summed E-state index contributed by atoms with van der Waals surface area (Å²) in [6.07, 6.45) is 8.37. The van der Waals surface area contributed by atoms with Crippen molar-refractivity contribution in [2.45, 2.75) is 6.92 Å². The van der Waals surface area contributed by atoms with Crippen molar-refractivity contribution in [1.82, 2.24) is 19.9 Å². The number of H-pyrrole nitrogens is 2. The van der Waals surface area contributed by atoms with Gasteiger partial charge in [0.05, 0.1) is 34.0 Å². The summed E-state index contributed by atoms with van der Waals surface area (Å²) < 4.78 is 0. The van der Waals surface area contributed by atoms with E-state index in [0.717, 1.165) is 84.0 Å². The van der Waals surface area contributed by atoms with Gasteiger partial charge in [-0.15, -0.1) is 0 Å². The first kappa shape index (κ1) is 25.7. The first-order valence-electron chi connectivity index (χ1n) is 14.8. The number of aromatic nitrogens is 4. The van der Waals surface area contributed by atoms with Crippen LogP contribution in [-0.2, 0) is 0 Å². The zero-order valence-corrected chi connectivity index (χ0v) is 24.2. The van der Waals surface area contributed by atoms with Gasteiger partial charge in [0, 0.05) is 33.4 Å². The van der Waals surface area contributed by atoms with E-state index in [1.165, 1.54) is 0 Å². The summed E-state index contributed by atoms with van der Waals surface area (Å²) in [5, 5.41) is 3.73. The first-order chi connectivity index (χ1) is 21.7. The number of hydrogen-bond donors (Lipinski definition) is 3. The number of aromatic amines is 2. The van der Waals surface area contributed by atoms with Gasteiger partial charge < -0.3 is 15.3 Å². The highest BCUT2D eigenvalue weighted by atomic mass is 14.9. The fourth-order valence-electron chi connectivity index (χ4n) is 5.94. The maximum Gasteiger partial charge on any atom is 0.0894 e. The van der Waals surface area contributed by atoms with Gasteiger partial charge in [0.1, 0.15) is 0 Å². The molecule has 5 nitrogen and oxygen atoms in total. The largest absolute Gasteiger partial charge is 0.355 e. The van der Waals surface area contributed by atoms with Crippen molar-refractivity contribution in [3.05, 3.63) is 144 Å². The minimum Gasteiger partial charge on any atom is -0.355 e. The van der Waals surface area contributed by atoms with Crippen LogP contribution in [0.3, 0.4) is 0 Å². The quantitative estimate of drug-likeness (QED) is 0.198. The molecular formula is C39H29N5. The highest BCUT2D eigenvalue weighted by Crippen LogP contribution is 2.35. The second-order valence-electron chi connectivity index (χ2n) is 11.0. The lowest BCUT2D eigenvalue weighted by Crippen LogP contribution is -1.96. The van der Waals surface area contributed by atoms with E-state index >= 15 is 0 Å². The van der Waals surface area contributed by atoms with Crippen molar-refractivity contribution in [2.75, 3.05) is 5.32 Å². The average molecular weight is 568 g/mol. The van der Waals surface area contributed by atoms with Gasteiger partial charge in [-0.1, -0.05) is 78.9 Å². The number of nitrogens with zero attached hydrogens (tertiary/aromatic N) is 2. The number of nitrogens with one attached hydrogen (secondary N) is 3. The molecular weight excluding hydrogens is 538 g/mol. The van der Waals surface area contributed by atoms with E-state index < -0.39 is 0 Å². The molecule has 8 bridgehead atoms. The van der Waals surface area contributed by atoms with Crippen molar-refractivity contribution in [2.24, 2.45) is 0 Å². The predicted molar refractivity (Wildman–Crippen MR) is 184 cm³/mol. The number of aryl methyl sites for hydroxylation is 1. The molecule has 3 N–H and O–H groups in total. The van der Waals surface area contributed by atoms with Gasteiger partial charge >= 0.3 is 0 Å². The van der Waals surface area contributed by atoms with E-state index in [1.54, 1.807) is 0 Å². The number of hydrogen-bond acceptors (Lipinski definition) is 3. The van der Waals surface area contributed by atoms with Crippen LogP contribution in [0.5, 0.6) is 0 Å². The van der Waals surface area contributed by atoms with Gasteiger partial charge in [0.15, 0.2) is 0 Å². The third-order valence-electron chi connectivity index (χ3n) is 8.11. The molecule has 2 aliphatic rings. The molecule has 5 heterocycles. The lowest BCUT2D eigenvalue weighted by atomic mass is 10.0. The molecule has 0 saturated carbocycles. The van der Waals surface area contributed by atoms with Crippen LogP contribution in [0.2, 0.25) is 0 Å². The minimum absolute atomic E-state index is 0.852. The smallest absolute Gasteiger partial charge is 0.0894 e. The highest BCUT2D eigenvalue weighted by Gasteiger charge is 2.16. The van der Waals surface area contributed by atoms with Gasteiger partial charge in [-0.25, -0.2) is 9.97 Å². The highest BCUT2D eigenvalue weighted by molar-refractivity contribution is 5.97. The first-order valence-corrected chi connectivity index (χ1v) is 14.8. The van der Waals surface area contributed by atoms with Crippen LogP contribution in [0.4, 0.5) is 11.4 Å². The van der Waals surface area contributed by atoms with Crippen molar-refractivity contribution in [3.8, 4) is 22.3 Å². The molecule has 0 fully saturated rings. The van der Waals surface area contributed by atoms with Gasteiger partial charge in [0.25, 0.3) is 0 Å². The van der Waals surface area contributed by atoms with Crippen LogP contribution >= 0.6 is 0 Å². The molecule has 0 atom stereocenters. The predicted octanol–water partition coefficient (Wildman–Crippen LogP) is 10.0. The Bertz CT molecular complexity index is 2220. The van der Waals surface area contributed by atoms with Crippen LogP contribution in [-0.4, -0.2) is 19.9 Å². The van der Waals surface area contributed by atoms with E-state index in [9.17, 15) is 0 Å². The van der Waals surface area contributed by atoms with E-state index in [1.807, 2.05) is 12.1 Å². The Morgan fingerprint density at radius 2 is 1.11 bits per heavy atom. The van der Waals surface area contributed by atoms with Crippen LogP contribution in [0.15, 0.2) is 115 Å². The third kappa shape index (κ3) is 4.71. The van der Waals surface area contributed by atoms with Gasteiger partial charge in [0.2, 0.25) is 0 Å². The van der Waals surface area contributed by atoms with Gasteiger partial charge in [-0.2, -0.15) is 0 Å². The SMILES string of the molecule is Cc1ccccc1Nc1c2nc(c(-c3ccccc3)c3ccc(cc4nc(c(-c5ccccc5)c5ccc1[nH]5)C=C4)[nH]3)C=C2. The van der Waals surface area contributed by atoms with Crippen molar-refractivity contribution < 1.29 is 0 Å². The third-order valence-corrected chi connectivity index (χ3v) is 8.11. The molecule has 0 spiro atoms. The Labute approximate surface area is 255 Å². The molecule has 3 aromatic carbocycles. The lowest BCUT2D eigenvalue weighted by molar-refractivity contribution is 1.30. The van der Waals surface area contributed by atoms with Crippen LogP contribution in [0.25, 0.3) is 68.6 Å². The minimum atomic E-state index is 0.852. The summed E-state index contributed by atoms with van der Waals surface area (Å²) in [4.78, 5) is 17.7. The molecule has 8 rings (SSSR count). The number of benzene rings is 3. The van der Waals surface area contributed by atoms with E-state index in [-0.39, 0.29) is 0 Å². The number of para-hydroxylation sites is 1. The molecule has 0 saturated heterocycles. The van der Waals surface area contributed by atoms with Gasteiger partial charge in [-0.05, 0) is 84.3 Å². The van der Waals surface area contributed by atoms with E-state index in [2.05, 4.69) is 150 Å². The molecule has 6 aromatic rings. The standard InChI is InChI=1S/C39H29N5/c1-25-10-8-9-15-30(25)44-39-35-22-20-33(42-35)37(26-11-4-2-5-12-26)31-18-16-28(40-31)24-29-17-19-32(41-29)38(27-13-6-3-7-14-27)34-21-23-36(39)43-34/h2-24,40,43-44H,1H3. The summed E-state index contributed by atoms with van der Waals surface area (Å²) >= 11 is 0. The van der Waals surface area contributed by atoms with Crippen LogP contribution in [0, 0.1) is 6.92 Å². The summed E-state index contributed by atoms with van der Waals surface area (Å²) in [5.41, 5.74) is 14.8. The number of rotatable bonds is 4. The molecule has 0 amide bonds.